The van der Waals surface area contributed by atoms with Gasteiger partial charge in [-0.05, 0) is 29.8 Å². The first-order valence-corrected chi connectivity index (χ1v) is 5.28. The SMILES string of the molecule is Nc1cccc(CNC(=O)c2ccncc2)c1. The molecule has 0 bridgehead atoms. The van der Waals surface area contributed by atoms with Gasteiger partial charge >= 0.3 is 0 Å². The second-order valence-electron chi connectivity index (χ2n) is 3.66. The highest BCUT2D eigenvalue weighted by molar-refractivity contribution is 5.93. The van der Waals surface area contributed by atoms with E-state index in [1.54, 1.807) is 24.5 Å². The topological polar surface area (TPSA) is 68.0 Å². The molecule has 0 aliphatic heterocycles. The molecule has 1 heterocycles. The number of carbonyl (C=O) groups is 1. The van der Waals surface area contributed by atoms with Crippen LogP contribution in [0.3, 0.4) is 0 Å². The molecule has 0 aliphatic carbocycles. The summed E-state index contributed by atoms with van der Waals surface area (Å²) in [7, 11) is 0. The zero-order chi connectivity index (χ0) is 12.1. The Kier molecular flexibility index (Phi) is 3.35. The standard InChI is InChI=1S/C13H13N3O/c14-12-3-1-2-10(8-12)9-16-13(17)11-4-6-15-7-5-11/h1-8H,9,14H2,(H,16,17). The summed E-state index contributed by atoms with van der Waals surface area (Å²) >= 11 is 0. The monoisotopic (exact) mass is 227 g/mol. The van der Waals surface area contributed by atoms with Crippen molar-refractivity contribution in [2.45, 2.75) is 6.54 Å². The quantitative estimate of drug-likeness (QED) is 0.782. The van der Waals surface area contributed by atoms with Crippen LogP contribution in [0.2, 0.25) is 0 Å². The molecule has 0 spiro atoms. The van der Waals surface area contributed by atoms with Crippen molar-refractivity contribution >= 4 is 11.6 Å². The van der Waals surface area contributed by atoms with Gasteiger partial charge in [-0.2, -0.15) is 0 Å². The Morgan fingerprint density at radius 1 is 1.24 bits per heavy atom. The third-order valence-corrected chi connectivity index (χ3v) is 2.35. The van der Waals surface area contributed by atoms with E-state index in [1.165, 1.54) is 0 Å². The normalized spacial score (nSPS) is 9.88. The van der Waals surface area contributed by atoms with Crippen molar-refractivity contribution in [2.24, 2.45) is 0 Å². The highest BCUT2D eigenvalue weighted by Crippen LogP contribution is 2.06. The fourth-order valence-corrected chi connectivity index (χ4v) is 1.49. The highest BCUT2D eigenvalue weighted by atomic mass is 16.1. The number of nitrogens with one attached hydrogen (secondary N) is 1. The molecule has 4 heteroatoms. The average Bonchev–Trinajstić information content (AvgIpc) is 2.37. The fourth-order valence-electron chi connectivity index (χ4n) is 1.49. The molecule has 1 aromatic heterocycles. The van der Waals surface area contributed by atoms with Gasteiger partial charge in [0.15, 0.2) is 0 Å². The van der Waals surface area contributed by atoms with E-state index in [0.717, 1.165) is 5.56 Å². The molecule has 0 fully saturated rings. The fraction of sp³-hybridized carbons (Fsp3) is 0.0769. The first-order chi connectivity index (χ1) is 8.25. The minimum atomic E-state index is -0.116. The molecular formula is C13H13N3O. The zero-order valence-electron chi connectivity index (χ0n) is 9.26. The van der Waals surface area contributed by atoms with Gasteiger partial charge in [-0.25, -0.2) is 0 Å². The number of hydrogen-bond acceptors (Lipinski definition) is 3. The molecule has 1 aromatic carbocycles. The largest absolute Gasteiger partial charge is 0.399 e. The Hall–Kier alpha value is -2.36. The predicted molar refractivity (Wildman–Crippen MR) is 66.3 cm³/mol. The van der Waals surface area contributed by atoms with Crippen molar-refractivity contribution < 1.29 is 4.79 Å². The number of hydrogen-bond donors (Lipinski definition) is 2. The van der Waals surface area contributed by atoms with Gasteiger partial charge in [-0.15, -0.1) is 0 Å². The number of rotatable bonds is 3. The number of amides is 1. The molecule has 0 radical (unpaired) electrons. The smallest absolute Gasteiger partial charge is 0.251 e. The molecule has 1 amide bonds. The van der Waals surface area contributed by atoms with Crippen LogP contribution in [-0.4, -0.2) is 10.9 Å². The minimum Gasteiger partial charge on any atom is -0.399 e. The van der Waals surface area contributed by atoms with Crippen LogP contribution >= 0.6 is 0 Å². The zero-order valence-corrected chi connectivity index (χ0v) is 9.26. The van der Waals surface area contributed by atoms with Crippen molar-refractivity contribution in [1.29, 1.82) is 0 Å². The molecule has 17 heavy (non-hydrogen) atoms. The summed E-state index contributed by atoms with van der Waals surface area (Å²) in [6.07, 6.45) is 3.19. The van der Waals surface area contributed by atoms with Gasteiger partial charge in [0.1, 0.15) is 0 Å². The Morgan fingerprint density at radius 2 is 2.00 bits per heavy atom. The number of nitrogens with zero attached hydrogens (tertiary/aromatic N) is 1. The number of benzene rings is 1. The molecule has 2 aromatic rings. The van der Waals surface area contributed by atoms with E-state index >= 15 is 0 Å². The van der Waals surface area contributed by atoms with Gasteiger partial charge < -0.3 is 11.1 Å². The Labute approximate surface area is 99.5 Å². The third kappa shape index (κ3) is 3.04. The van der Waals surface area contributed by atoms with E-state index in [9.17, 15) is 4.79 Å². The van der Waals surface area contributed by atoms with Gasteiger partial charge in [0.05, 0.1) is 0 Å². The summed E-state index contributed by atoms with van der Waals surface area (Å²) in [5, 5.41) is 2.82. The minimum absolute atomic E-state index is 0.116. The molecule has 3 N–H and O–H groups in total. The summed E-state index contributed by atoms with van der Waals surface area (Å²) in [6.45, 7) is 0.464. The van der Waals surface area contributed by atoms with Crippen LogP contribution in [0.4, 0.5) is 5.69 Å². The highest BCUT2D eigenvalue weighted by Gasteiger charge is 2.03. The van der Waals surface area contributed by atoms with Crippen LogP contribution < -0.4 is 11.1 Å². The Bertz CT molecular complexity index is 511. The molecule has 0 unspecified atom stereocenters. The molecule has 0 saturated heterocycles. The van der Waals surface area contributed by atoms with Gasteiger partial charge in [0.25, 0.3) is 5.91 Å². The molecular weight excluding hydrogens is 214 g/mol. The first kappa shape index (κ1) is 11.1. The Morgan fingerprint density at radius 3 is 2.71 bits per heavy atom. The second kappa shape index (κ2) is 5.12. The maximum Gasteiger partial charge on any atom is 0.251 e. The molecule has 2 rings (SSSR count). The summed E-state index contributed by atoms with van der Waals surface area (Å²) in [4.78, 5) is 15.6. The van der Waals surface area contributed by atoms with Crippen molar-refractivity contribution in [1.82, 2.24) is 10.3 Å². The van der Waals surface area contributed by atoms with Crippen LogP contribution in [0.1, 0.15) is 15.9 Å². The van der Waals surface area contributed by atoms with Crippen molar-refractivity contribution in [3.8, 4) is 0 Å². The maximum atomic E-state index is 11.7. The molecule has 0 aliphatic rings. The molecule has 4 nitrogen and oxygen atoms in total. The van der Waals surface area contributed by atoms with Gasteiger partial charge in [-0.3, -0.25) is 9.78 Å². The number of nitrogen functional groups attached to an aromatic ring is 1. The van der Waals surface area contributed by atoms with E-state index in [-0.39, 0.29) is 5.91 Å². The van der Waals surface area contributed by atoms with E-state index < -0.39 is 0 Å². The number of anilines is 1. The predicted octanol–water partition coefficient (Wildman–Crippen LogP) is 1.59. The molecule has 0 saturated carbocycles. The molecule has 86 valence electrons. The lowest BCUT2D eigenvalue weighted by molar-refractivity contribution is 0.0951. The average molecular weight is 227 g/mol. The summed E-state index contributed by atoms with van der Waals surface area (Å²) < 4.78 is 0. The van der Waals surface area contributed by atoms with Crippen molar-refractivity contribution in [3.05, 3.63) is 59.9 Å². The van der Waals surface area contributed by atoms with Gasteiger partial charge in [-0.1, -0.05) is 12.1 Å². The Balaban J connectivity index is 1.97. The van der Waals surface area contributed by atoms with Crippen LogP contribution in [0.25, 0.3) is 0 Å². The third-order valence-electron chi connectivity index (χ3n) is 2.35. The molecule has 0 atom stereocenters. The summed E-state index contributed by atoms with van der Waals surface area (Å²) in [5.41, 5.74) is 7.93. The van der Waals surface area contributed by atoms with Crippen LogP contribution in [0, 0.1) is 0 Å². The lowest BCUT2D eigenvalue weighted by Crippen LogP contribution is -2.22. The van der Waals surface area contributed by atoms with Crippen LogP contribution in [0.5, 0.6) is 0 Å². The number of carbonyl (C=O) groups excluding carboxylic acids is 1. The maximum absolute atomic E-state index is 11.7. The second-order valence-corrected chi connectivity index (χ2v) is 3.66. The van der Waals surface area contributed by atoms with Crippen molar-refractivity contribution in [2.75, 3.05) is 5.73 Å². The van der Waals surface area contributed by atoms with E-state index in [1.807, 2.05) is 24.3 Å². The summed E-state index contributed by atoms with van der Waals surface area (Å²) in [5.74, 6) is -0.116. The van der Waals surface area contributed by atoms with Crippen LogP contribution in [-0.2, 0) is 6.54 Å². The van der Waals surface area contributed by atoms with Gasteiger partial charge in [0.2, 0.25) is 0 Å². The number of aromatic nitrogens is 1. The lowest BCUT2D eigenvalue weighted by Gasteiger charge is -2.05. The van der Waals surface area contributed by atoms with E-state index in [0.29, 0.717) is 17.8 Å². The van der Waals surface area contributed by atoms with Crippen LogP contribution in [0.15, 0.2) is 48.8 Å². The first-order valence-electron chi connectivity index (χ1n) is 5.28. The van der Waals surface area contributed by atoms with E-state index in [4.69, 9.17) is 5.73 Å². The van der Waals surface area contributed by atoms with Crippen molar-refractivity contribution in [3.63, 3.8) is 0 Å². The lowest BCUT2D eigenvalue weighted by atomic mass is 10.2. The van der Waals surface area contributed by atoms with Gasteiger partial charge in [0, 0.05) is 30.2 Å². The summed E-state index contributed by atoms with van der Waals surface area (Å²) in [6, 6.07) is 10.8. The number of nitrogens with two attached hydrogens (primary N) is 1. The number of pyridine rings is 1. The van der Waals surface area contributed by atoms with E-state index in [2.05, 4.69) is 10.3 Å².